The van der Waals surface area contributed by atoms with Crippen molar-refractivity contribution in [2.75, 3.05) is 0 Å². The molecule has 46 heavy (non-hydrogen) atoms. The molecule has 6 aromatic carbocycles. The lowest BCUT2D eigenvalue weighted by Crippen LogP contribution is -1.95. The summed E-state index contributed by atoms with van der Waals surface area (Å²) < 4.78 is 8.27. The molecule has 3 aromatic heterocycles. The van der Waals surface area contributed by atoms with E-state index in [-0.39, 0.29) is 0 Å². The molecule has 5 nitrogen and oxygen atoms in total. The van der Waals surface area contributed by atoms with Crippen LogP contribution in [0.5, 0.6) is 0 Å². The number of hydrogen-bond donors (Lipinski definition) is 0. The lowest BCUT2D eigenvalue weighted by molar-refractivity contribution is 0.643. The van der Waals surface area contributed by atoms with E-state index in [1.54, 1.807) is 0 Å². The van der Waals surface area contributed by atoms with E-state index in [2.05, 4.69) is 114 Å². The van der Waals surface area contributed by atoms with Gasteiger partial charge in [-0.15, -0.1) is 0 Å². The number of fused-ring (bicyclic) bond motifs is 5. The molecule has 5 heteroatoms. The molecule has 0 aliphatic heterocycles. The highest BCUT2D eigenvalue weighted by atomic mass is 16.4. The standard InChI is InChI=1S/C41H26N4O/c1-4-10-27(11-5-1)33-21-23-39-38(25-33)45-37-24-32(20-22-34(37)44-41(45)46-39)28-16-18-31(19-17-28)40-42-35(29-12-6-2-7-13-29)26-36(43-40)30-14-8-3-9-15-30/h1-26H. The summed E-state index contributed by atoms with van der Waals surface area (Å²) in [5, 5.41) is 0. The van der Waals surface area contributed by atoms with Gasteiger partial charge in [0.05, 0.1) is 27.9 Å². The van der Waals surface area contributed by atoms with Crippen LogP contribution in [-0.2, 0) is 0 Å². The molecule has 216 valence electrons. The summed E-state index contributed by atoms with van der Waals surface area (Å²) in [5.41, 5.74) is 13.1. The Bertz CT molecular complexity index is 2440. The topological polar surface area (TPSA) is 56.2 Å². The van der Waals surface area contributed by atoms with Crippen molar-refractivity contribution in [2.24, 2.45) is 0 Å². The maximum atomic E-state index is 6.16. The van der Waals surface area contributed by atoms with Crippen molar-refractivity contribution in [2.45, 2.75) is 0 Å². The van der Waals surface area contributed by atoms with Gasteiger partial charge < -0.3 is 4.42 Å². The lowest BCUT2D eigenvalue weighted by Gasteiger charge is -2.10. The Morgan fingerprint density at radius 2 is 0.891 bits per heavy atom. The number of rotatable bonds is 5. The number of hydrogen-bond acceptors (Lipinski definition) is 4. The monoisotopic (exact) mass is 590 g/mol. The Labute approximate surface area is 265 Å². The van der Waals surface area contributed by atoms with E-state index in [1.807, 2.05) is 48.5 Å². The van der Waals surface area contributed by atoms with Gasteiger partial charge in [0.1, 0.15) is 0 Å². The van der Waals surface area contributed by atoms with Crippen molar-refractivity contribution in [3.63, 3.8) is 0 Å². The Kier molecular flexibility index (Phi) is 6.06. The van der Waals surface area contributed by atoms with Crippen molar-refractivity contribution < 1.29 is 4.42 Å². The number of benzene rings is 6. The Morgan fingerprint density at radius 1 is 0.391 bits per heavy atom. The molecule has 3 heterocycles. The zero-order valence-electron chi connectivity index (χ0n) is 24.7. The fourth-order valence-corrected chi connectivity index (χ4v) is 6.12. The molecule has 9 aromatic rings. The number of nitrogens with zero attached hydrogens (tertiary/aromatic N) is 4. The minimum atomic E-state index is 0.590. The van der Waals surface area contributed by atoms with Gasteiger partial charge in [0, 0.05) is 16.7 Å². The highest BCUT2D eigenvalue weighted by molar-refractivity contribution is 5.92. The fourth-order valence-electron chi connectivity index (χ4n) is 6.12. The molecule has 0 saturated carbocycles. The Morgan fingerprint density at radius 3 is 1.52 bits per heavy atom. The summed E-state index contributed by atoms with van der Waals surface area (Å²) in [4.78, 5) is 14.8. The molecule has 0 amide bonds. The summed E-state index contributed by atoms with van der Waals surface area (Å²) >= 11 is 0. The highest BCUT2D eigenvalue weighted by Gasteiger charge is 2.16. The van der Waals surface area contributed by atoms with Gasteiger partial charge >= 0.3 is 5.84 Å². The van der Waals surface area contributed by atoms with Crippen LogP contribution in [0.4, 0.5) is 0 Å². The summed E-state index contributed by atoms with van der Waals surface area (Å²) in [6.45, 7) is 0. The first-order valence-corrected chi connectivity index (χ1v) is 15.3. The third kappa shape index (κ3) is 4.54. The summed E-state index contributed by atoms with van der Waals surface area (Å²) in [6, 6.07) is 54.1. The summed E-state index contributed by atoms with van der Waals surface area (Å²) in [7, 11) is 0. The average Bonchev–Trinajstić information content (AvgIpc) is 3.68. The van der Waals surface area contributed by atoms with E-state index in [0.717, 1.165) is 72.5 Å². The minimum absolute atomic E-state index is 0.590. The molecule has 0 bridgehead atoms. The van der Waals surface area contributed by atoms with E-state index >= 15 is 0 Å². The fraction of sp³-hybridized carbons (Fsp3) is 0. The van der Waals surface area contributed by atoms with Gasteiger partial charge in [-0.25, -0.2) is 9.97 Å². The highest BCUT2D eigenvalue weighted by Crippen LogP contribution is 2.33. The Balaban J connectivity index is 1.12. The van der Waals surface area contributed by atoms with Gasteiger partial charge in [-0.1, -0.05) is 127 Å². The second-order valence-electron chi connectivity index (χ2n) is 11.4. The molecule has 0 saturated heterocycles. The van der Waals surface area contributed by atoms with Crippen LogP contribution in [0.2, 0.25) is 0 Å². The van der Waals surface area contributed by atoms with Crippen LogP contribution >= 0.6 is 0 Å². The molecule has 0 aliphatic carbocycles. The molecule has 0 atom stereocenters. The predicted molar refractivity (Wildman–Crippen MR) is 185 cm³/mol. The largest absolute Gasteiger partial charge is 0.423 e. The smallest absolute Gasteiger partial charge is 0.307 e. The number of imidazole rings is 1. The second kappa shape index (κ2) is 10.7. The van der Waals surface area contributed by atoms with Crippen LogP contribution < -0.4 is 0 Å². The van der Waals surface area contributed by atoms with E-state index < -0.39 is 0 Å². The van der Waals surface area contributed by atoms with Crippen LogP contribution in [0, 0.1) is 0 Å². The first kappa shape index (κ1) is 26.1. The quantitative estimate of drug-likeness (QED) is 0.200. The summed E-state index contributed by atoms with van der Waals surface area (Å²) in [5.74, 6) is 1.28. The molecule has 0 N–H and O–H groups in total. The van der Waals surface area contributed by atoms with Gasteiger partial charge in [0.15, 0.2) is 11.4 Å². The van der Waals surface area contributed by atoms with Gasteiger partial charge in [-0.2, -0.15) is 4.98 Å². The van der Waals surface area contributed by atoms with Crippen molar-refractivity contribution >= 4 is 28.0 Å². The van der Waals surface area contributed by atoms with Gasteiger partial charge in [0.2, 0.25) is 0 Å². The van der Waals surface area contributed by atoms with Crippen LogP contribution in [0.1, 0.15) is 0 Å². The normalized spacial score (nSPS) is 11.5. The van der Waals surface area contributed by atoms with Crippen molar-refractivity contribution in [1.82, 2.24) is 19.4 Å². The molecular weight excluding hydrogens is 564 g/mol. The zero-order valence-corrected chi connectivity index (χ0v) is 24.7. The number of aromatic nitrogens is 4. The second-order valence-corrected chi connectivity index (χ2v) is 11.4. The first-order valence-electron chi connectivity index (χ1n) is 15.3. The average molecular weight is 591 g/mol. The van der Waals surface area contributed by atoms with Gasteiger partial charge in [-0.05, 0) is 52.6 Å². The molecular formula is C41H26N4O. The summed E-state index contributed by atoms with van der Waals surface area (Å²) in [6.07, 6.45) is 0. The maximum Gasteiger partial charge on any atom is 0.307 e. The molecule has 0 fully saturated rings. The first-order chi connectivity index (χ1) is 22.8. The third-order valence-electron chi connectivity index (χ3n) is 8.47. The van der Waals surface area contributed by atoms with Crippen LogP contribution in [0.25, 0.3) is 84.1 Å². The molecule has 0 unspecified atom stereocenters. The Hall–Kier alpha value is -6.33. The SMILES string of the molecule is c1ccc(-c2ccc3oc4nc5ccc(-c6ccc(-c7nc(-c8ccccc8)cc(-c8ccccc8)n7)cc6)cc5n4c3c2)cc1. The van der Waals surface area contributed by atoms with E-state index in [9.17, 15) is 0 Å². The van der Waals surface area contributed by atoms with Gasteiger partial charge in [0.25, 0.3) is 0 Å². The molecule has 0 aliphatic rings. The third-order valence-corrected chi connectivity index (χ3v) is 8.47. The van der Waals surface area contributed by atoms with Crippen molar-refractivity contribution in [1.29, 1.82) is 0 Å². The lowest BCUT2D eigenvalue weighted by atomic mass is 10.0. The zero-order chi connectivity index (χ0) is 30.5. The molecule has 9 rings (SSSR count). The van der Waals surface area contributed by atoms with Gasteiger partial charge in [-0.3, -0.25) is 4.40 Å². The number of oxazole rings is 1. The predicted octanol–water partition coefficient (Wildman–Crippen LogP) is 10.4. The van der Waals surface area contributed by atoms with Crippen LogP contribution in [-0.4, -0.2) is 19.4 Å². The van der Waals surface area contributed by atoms with Crippen molar-refractivity contribution in [3.05, 3.63) is 158 Å². The maximum absolute atomic E-state index is 6.16. The molecule has 0 radical (unpaired) electrons. The van der Waals surface area contributed by atoms with E-state index in [0.29, 0.717) is 11.7 Å². The van der Waals surface area contributed by atoms with E-state index in [4.69, 9.17) is 19.4 Å². The van der Waals surface area contributed by atoms with Crippen LogP contribution in [0.3, 0.4) is 0 Å². The molecule has 0 spiro atoms. The minimum Gasteiger partial charge on any atom is -0.423 e. The van der Waals surface area contributed by atoms with E-state index in [1.165, 1.54) is 0 Å². The van der Waals surface area contributed by atoms with Crippen molar-refractivity contribution in [3.8, 4) is 56.2 Å². The van der Waals surface area contributed by atoms with Crippen LogP contribution in [0.15, 0.2) is 162 Å².